The number of Topliss-reactive ketones (excluding diaryl/α,β-unsaturated/α-hetero) is 1. The topological polar surface area (TPSA) is 48.5 Å². The summed E-state index contributed by atoms with van der Waals surface area (Å²) >= 11 is 0. The number of aryl methyl sites for hydroxylation is 1. The summed E-state index contributed by atoms with van der Waals surface area (Å²) in [6.07, 6.45) is 3.58. The largest absolute Gasteiger partial charge is 0.385 e. The minimum absolute atomic E-state index is 0.0463. The fourth-order valence-corrected chi connectivity index (χ4v) is 4.93. The Morgan fingerprint density at radius 3 is 2.92 bits per heavy atom. The van der Waals surface area contributed by atoms with Crippen molar-refractivity contribution in [2.75, 3.05) is 13.7 Å². The summed E-state index contributed by atoms with van der Waals surface area (Å²) in [5, 5.41) is 0. The van der Waals surface area contributed by atoms with Gasteiger partial charge in [-0.1, -0.05) is 13.8 Å². The van der Waals surface area contributed by atoms with Crippen LogP contribution in [-0.4, -0.2) is 35.1 Å². The molecule has 0 N–H and O–H groups in total. The molecule has 0 amide bonds. The maximum absolute atomic E-state index is 12.5. The second-order valence-electron chi connectivity index (χ2n) is 7.56. The Morgan fingerprint density at radius 2 is 2.25 bits per heavy atom. The average Bonchev–Trinajstić information content (AvgIpc) is 2.89. The van der Waals surface area contributed by atoms with E-state index in [1.165, 1.54) is 5.69 Å². The normalized spacial score (nSPS) is 32.1. The minimum atomic E-state index is -0.508. The van der Waals surface area contributed by atoms with Crippen LogP contribution in [0.25, 0.3) is 4.85 Å². The third-order valence-electron chi connectivity index (χ3n) is 6.20. The molecule has 1 aromatic heterocycles. The fraction of sp³-hybridized carbons (Fsp3) is 0.737. The first kappa shape index (κ1) is 17.2. The zero-order valence-electron chi connectivity index (χ0n) is 15.1. The highest BCUT2D eigenvalue weighted by Crippen LogP contribution is 2.51. The molecule has 4 atom stereocenters. The van der Waals surface area contributed by atoms with Crippen LogP contribution in [0.2, 0.25) is 0 Å². The summed E-state index contributed by atoms with van der Waals surface area (Å²) in [6, 6.07) is -0.508. The van der Waals surface area contributed by atoms with Crippen molar-refractivity contribution in [1.29, 1.82) is 0 Å². The summed E-state index contributed by atoms with van der Waals surface area (Å²) < 4.78 is 7.50. The van der Waals surface area contributed by atoms with E-state index in [4.69, 9.17) is 16.3 Å². The molecule has 0 aliphatic heterocycles. The van der Waals surface area contributed by atoms with Crippen LogP contribution in [0.3, 0.4) is 0 Å². The van der Waals surface area contributed by atoms with Gasteiger partial charge in [0, 0.05) is 43.7 Å². The Kier molecular flexibility index (Phi) is 4.52. The Morgan fingerprint density at radius 1 is 1.50 bits per heavy atom. The van der Waals surface area contributed by atoms with Crippen LogP contribution in [0, 0.1) is 25.3 Å². The van der Waals surface area contributed by atoms with Crippen molar-refractivity contribution in [3.63, 3.8) is 0 Å². The molecule has 1 fully saturated rings. The lowest BCUT2D eigenvalue weighted by atomic mass is 9.56. The number of imidazole rings is 1. The Bertz CT molecular complexity index is 688. The van der Waals surface area contributed by atoms with Crippen molar-refractivity contribution in [2.24, 2.45) is 11.8 Å². The quantitative estimate of drug-likeness (QED) is 0.630. The number of aromatic nitrogens is 2. The highest BCUT2D eigenvalue weighted by atomic mass is 16.5. The van der Waals surface area contributed by atoms with Gasteiger partial charge in [0.05, 0.1) is 5.69 Å². The molecule has 5 heteroatoms. The lowest BCUT2D eigenvalue weighted by molar-refractivity contribution is -0.129. The third kappa shape index (κ3) is 2.48. The van der Waals surface area contributed by atoms with E-state index < -0.39 is 6.04 Å². The molecular formula is C19H27N3O2. The standard InChI is InChI=1S/C19H27N3O2/c1-12-14-7-8-16-18(19(14,3)11-15(20-4)17(12)23)21-13(2)22(16)9-6-10-24-5/h12,14-15H,6-11H2,1-3,5H3/t12-,14-,15?,19-/m0/s1. The Hall–Kier alpha value is -1.67. The number of methoxy groups -OCH3 is 1. The lowest BCUT2D eigenvalue weighted by Gasteiger charge is -2.46. The molecule has 130 valence electrons. The number of hydrogen-bond acceptors (Lipinski definition) is 3. The van der Waals surface area contributed by atoms with E-state index in [0.29, 0.717) is 12.3 Å². The molecule has 2 aliphatic rings. The van der Waals surface area contributed by atoms with Crippen LogP contribution < -0.4 is 0 Å². The minimum Gasteiger partial charge on any atom is -0.385 e. The van der Waals surface area contributed by atoms with E-state index in [2.05, 4.69) is 23.3 Å². The molecule has 1 aromatic rings. The molecule has 1 saturated carbocycles. The molecule has 0 aromatic carbocycles. The van der Waals surface area contributed by atoms with Gasteiger partial charge < -0.3 is 14.1 Å². The number of ketones is 1. The van der Waals surface area contributed by atoms with E-state index in [0.717, 1.165) is 43.9 Å². The zero-order chi connectivity index (χ0) is 17.5. The molecule has 0 saturated heterocycles. The van der Waals surface area contributed by atoms with E-state index in [-0.39, 0.29) is 17.1 Å². The van der Waals surface area contributed by atoms with Crippen LogP contribution in [0.1, 0.15) is 50.3 Å². The first-order valence-corrected chi connectivity index (χ1v) is 8.89. The molecule has 0 spiro atoms. The van der Waals surface area contributed by atoms with Gasteiger partial charge in [-0.2, -0.15) is 0 Å². The summed E-state index contributed by atoms with van der Waals surface area (Å²) in [5.41, 5.74) is 2.29. The van der Waals surface area contributed by atoms with Gasteiger partial charge in [-0.25, -0.2) is 11.6 Å². The van der Waals surface area contributed by atoms with Gasteiger partial charge in [0.1, 0.15) is 5.82 Å². The second kappa shape index (κ2) is 6.33. The number of hydrogen-bond donors (Lipinski definition) is 0. The number of rotatable bonds is 4. The van der Waals surface area contributed by atoms with Crippen LogP contribution in [0.5, 0.6) is 0 Å². The average molecular weight is 329 g/mol. The second-order valence-corrected chi connectivity index (χ2v) is 7.56. The first-order valence-electron chi connectivity index (χ1n) is 8.89. The molecule has 1 unspecified atom stereocenters. The number of carbonyl (C=O) groups is 1. The van der Waals surface area contributed by atoms with Crippen LogP contribution in [0.15, 0.2) is 0 Å². The van der Waals surface area contributed by atoms with Crippen LogP contribution >= 0.6 is 0 Å². The van der Waals surface area contributed by atoms with Gasteiger partial charge in [-0.3, -0.25) is 4.79 Å². The van der Waals surface area contributed by atoms with Crippen molar-refractivity contribution in [3.05, 3.63) is 28.6 Å². The lowest BCUT2D eigenvalue weighted by Crippen LogP contribution is -2.51. The van der Waals surface area contributed by atoms with Crippen LogP contribution in [-0.2, 0) is 27.9 Å². The Balaban J connectivity index is 1.99. The molecule has 5 nitrogen and oxygen atoms in total. The first-order chi connectivity index (χ1) is 11.4. The smallest absolute Gasteiger partial charge is 0.282 e. The zero-order valence-corrected chi connectivity index (χ0v) is 15.1. The molecule has 1 heterocycles. The maximum atomic E-state index is 12.5. The number of carbonyl (C=O) groups excluding carboxylic acids is 1. The van der Waals surface area contributed by atoms with Gasteiger partial charge in [-0.15, -0.1) is 0 Å². The molecule has 24 heavy (non-hydrogen) atoms. The van der Waals surface area contributed by atoms with Crippen molar-refractivity contribution >= 4 is 5.78 Å². The van der Waals surface area contributed by atoms with Crippen molar-refractivity contribution in [2.45, 2.75) is 64.5 Å². The molecular weight excluding hydrogens is 302 g/mol. The van der Waals surface area contributed by atoms with Crippen molar-refractivity contribution in [3.8, 4) is 0 Å². The third-order valence-corrected chi connectivity index (χ3v) is 6.20. The summed E-state index contributed by atoms with van der Waals surface area (Å²) in [6.45, 7) is 15.4. The number of nitrogens with zero attached hydrogens (tertiary/aromatic N) is 3. The summed E-state index contributed by atoms with van der Waals surface area (Å²) in [7, 11) is 1.73. The highest BCUT2D eigenvalue weighted by molar-refractivity contribution is 5.89. The monoisotopic (exact) mass is 329 g/mol. The molecule has 3 rings (SSSR count). The SMILES string of the molecule is [C-]#[N+]C1C[C@]2(C)c3nc(C)n(CCCOC)c3CC[C@H]2[C@H](C)C1=O. The van der Waals surface area contributed by atoms with Crippen LogP contribution in [0.4, 0.5) is 0 Å². The van der Waals surface area contributed by atoms with Gasteiger partial charge in [0.15, 0.2) is 0 Å². The van der Waals surface area contributed by atoms with Gasteiger partial charge >= 0.3 is 0 Å². The Labute approximate surface area is 144 Å². The van der Waals surface area contributed by atoms with Crippen molar-refractivity contribution < 1.29 is 9.53 Å². The molecule has 0 bridgehead atoms. The van der Waals surface area contributed by atoms with Gasteiger partial charge in [-0.05, 0) is 32.1 Å². The van der Waals surface area contributed by atoms with Crippen molar-refractivity contribution in [1.82, 2.24) is 9.55 Å². The maximum Gasteiger partial charge on any atom is 0.282 e. The fourth-order valence-electron chi connectivity index (χ4n) is 4.93. The summed E-state index contributed by atoms with van der Waals surface area (Å²) in [4.78, 5) is 21.0. The highest BCUT2D eigenvalue weighted by Gasteiger charge is 2.55. The van der Waals surface area contributed by atoms with E-state index >= 15 is 0 Å². The van der Waals surface area contributed by atoms with Gasteiger partial charge in [0.2, 0.25) is 5.78 Å². The molecule has 0 radical (unpaired) electrons. The van der Waals surface area contributed by atoms with E-state index in [9.17, 15) is 4.79 Å². The van der Waals surface area contributed by atoms with E-state index in [1.54, 1.807) is 7.11 Å². The number of fused-ring (bicyclic) bond motifs is 3. The number of ether oxygens (including phenoxy) is 1. The molecule has 2 aliphatic carbocycles. The van der Waals surface area contributed by atoms with Gasteiger partial charge in [0.25, 0.3) is 6.04 Å². The predicted molar refractivity (Wildman–Crippen MR) is 91.8 cm³/mol. The predicted octanol–water partition coefficient (Wildman–Crippen LogP) is 2.94. The summed E-state index contributed by atoms with van der Waals surface area (Å²) in [5.74, 6) is 1.43. The van der Waals surface area contributed by atoms with E-state index in [1.807, 2.05) is 6.92 Å².